The van der Waals surface area contributed by atoms with Gasteiger partial charge in [-0.3, -0.25) is 4.99 Å². The number of nitrogens with zero attached hydrogens (tertiary/aromatic N) is 1. The third kappa shape index (κ3) is 4.51. The Morgan fingerprint density at radius 1 is 1.36 bits per heavy atom. The maximum absolute atomic E-state index is 12.7. The van der Waals surface area contributed by atoms with Crippen molar-refractivity contribution in [1.82, 2.24) is 0 Å². The number of hydrogen-bond acceptors (Lipinski definition) is 5. The van der Waals surface area contributed by atoms with Gasteiger partial charge in [-0.25, -0.2) is 4.79 Å². The van der Waals surface area contributed by atoms with E-state index >= 15 is 0 Å². The molecule has 8 heteroatoms. The number of ether oxygens (including phenoxy) is 1. The van der Waals surface area contributed by atoms with Gasteiger partial charge >= 0.3 is 12.1 Å². The van der Waals surface area contributed by atoms with E-state index in [1.54, 1.807) is 0 Å². The van der Waals surface area contributed by atoms with Gasteiger partial charge < -0.3 is 14.9 Å². The summed E-state index contributed by atoms with van der Waals surface area (Å²) in [5, 5.41) is 18.6. The zero-order chi connectivity index (χ0) is 16.9. The van der Waals surface area contributed by atoms with Gasteiger partial charge in [0.2, 0.25) is 5.76 Å². The molecule has 0 amide bonds. The molecule has 0 aromatic heterocycles. The van der Waals surface area contributed by atoms with Crippen LogP contribution in [0.25, 0.3) is 0 Å². The summed E-state index contributed by atoms with van der Waals surface area (Å²) < 4.78 is 42.5. The van der Waals surface area contributed by atoms with Gasteiger partial charge in [-0.05, 0) is 26.0 Å². The summed E-state index contributed by atoms with van der Waals surface area (Å²) in [7, 11) is 0. The number of phenols is 1. The summed E-state index contributed by atoms with van der Waals surface area (Å²) in [6.07, 6.45) is -5.11. The second-order valence-electron chi connectivity index (χ2n) is 4.16. The molecule has 120 valence electrons. The van der Waals surface area contributed by atoms with Gasteiger partial charge in [-0.1, -0.05) is 6.07 Å². The van der Waals surface area contributed by atoms with Crippen LogP contribution < -0.4 is 0 Å². The summed E-state index contributed by atoms with van der Waals surface area (Å²) in [5.74, 6) is -3.55. The van der Waals surface area contributed by atoms with Crippen molar-refractivity contribution in [3.05, 3.63) is 35.6 Å². The van der Waals surface area contributed by atoms with E-state index in [1.165, 1.54) is 31.2 Å². The standard InChI is InChI=1S/C14H14F3NO4/c1-3-22-13(21)11(12(20)14(15,16)17)8(2)18-9-5-4-6-10(19)7-9/h4-7,19-20H,3H2,1-2H3/b12-11+,18-8?. The number of aliphatic hydroxyl groups excluding tert-OH is 1. The molecule has 0 aliphatic heterocycles. The molecule has 1 aromatic carbocycles. The SMILES string of the molecule is CCOC(=O)/C(C(C)=Nc1cccc(O)c1)=C(/O)C(F)(F)F. The highest BCUT2D eigenvalue weighted by Gasteiger charge is 2.40. The molecule has 1 aromatic rings. The highest BCUT2D eigenvalue weighted by molar-refractivity contribution is 6.20. The summed E-state index contributed by atoms with van der Waals surface area (Å²) in [4.78, 5) is 15.5. The van der Waals surface area contributed by atoms with Crippen molar-refractivity contribution in [3.63, 3.8) is 0 Å². The summed E-state index contributed by atoms with van der Waals surface area (Å²) in [6.45, 7) is 2.38. The van der Waals surface area contributed by atoms with Crippen molar-refractivity contribution in [1.29, 1.82) is 0 Å². The fourth-order valence-corrected chi connectivity index (χ4v) is 1.57. The molecular formula is C14H14F3NO4. The molecule has 0 bridgehead atoms. The van der Waals surface area contributed by atoms with Crippen molar-refractivity contribution < 1.29 is 32.9 Å². The normalized spacial score (nSPS) is 13.6. The lowest BCUT2D eigenvalue weighted by atomic mass is 10.1. The number of carbonyl (C=O) groups is 1. The Balaban J connectivity index is 3.36. The van der Waals surface area contributed by atoms with E-state index in [-0.39, 0.29) is 23.8 Å². The molecule has 0 saturated carbocycles. The lowest BCUT2D eigenvalue weighted by Crippen LogP contribution is -2.23. The molecule has 0 spiro atoms. The Kier molecular flexibility index (Phi) is 5.56. The number of phenolic OH excluding ortho intramolecular Hbond substituents is 1. The molecule has 0 aliphatic carbocycles. The molecule has 1 rings (SSSR count). The average Bonchev–Trinajstić information content (AvgIpc) is 2.37. The largest absolute Gasteiger partial charge is 0.508 e. The van der Waals surface area contributed by atoms with Crippen molar-refractivity contribution >= 4 is 17.4 Å². The number of allylic oxidation sites excluding steroid dienone is 1. The predicted octanol–water partition coefficient (Wildman–Crippen LogP) is 3.42. The minimum absolute atomic E-state index is 0.120. The second kappa shape index (κ2) is 6.97. The van der Waals surface area contributed by atoms with E-state index < -0.39 is 23.5 Å². The maximum Gasteiger partial charge on any atom is 0.449 e. The van der Waals surface area contributed by atoms with Gasteiger partial charge in [-0.15, -0.1) is 0 Å². The zero-order valence-corrected chi connectivity index (χ0v) is 11.8. The monoisotopic (exact) mass is 317 g/mol. The first-order chi connectivity index (χ1) is 10.2. The van der Waals surface area contributed by atoms with Gasteiger partial charge in [0.1, 0.15) is 11.3 Å². The second-order valence-corrected chi connectivity index (χ2v) is 4.16. The Hall–Kier alpha value is -2.51. The van der Waals surface area contributed by atoms with Gasteiger partial charge in [0.05, 0.1) is 18.0 Å². The highest BCUT2D eigenvalue weighted by atomic mass is 19.4. The molecule has 0 atom stereocenters. The van der Waals surface area contributed by atoms with Crippen LogP contribution in [0.1, 0.15) is 13.8 Å². The Bertz CT molecular complexity index is 621. The van der Waals surface area contributed by atoms with Crippen LogP contribution in [-0.2, 0) is 9.53 Å². The van der Waals surface area contributed by atoms with Gasteiger partial charge in [-0.2, -0.15) is 13.2 Å². The van der Waals surface area contributed by atoms with Crippen LogP contribution in [-0.4, -0.2) is 34.7 Å². The smallest absolute Gasteiger partial charge is 0.449 e. The number of rotatable bonds is 4. The lowest BCUT2D eigenvalue weighted by Gasteiger charge is -2.12. The van der Waals surface area contributed by atoms with Gasteiger partial charge in [0, 0.05) is 6.07 Å². The highest BCUT2D eigenvalue weighted by Crippen LogP contribution is 2.28. The third-order valence-corrected chi connectivity index (χ3v) is 2.47. The summed E-state index contributed by atoms with van der Waals surface area (Å²) >= 11 is 0. The number of aliphatic hydroxyl groups is 1. The van der Waals surface area contributed by atoms with Crippen molar-refractivity contribution in [3.8, 4) is 5.75 Å². The quantitative estimate of drug-likeness (QED) is 0.386. The molecule has 0 heterocycles. The topological polar surface area (TPSA) is 79.1 Å². The van der Waals surface area contributed by atoms with Crippen LogP contribution in [0.3, 0.4) is 0 Å². The zero-order valence-electron chi connectivity index (χ0n) is 11.8. The summed E-state index contributed by atoms with van der Waals surface area (Å²) in [5.41, 5.74) is -1.34. The molecule has 0 aliphatic rings. The van der Waals surface area contributed by atoms with E-state index in [9.17, 15) is 28.2 Å². The minimum atomic E-state index is -5.11. The molecule has 0 radical (unpaired) electrons. The van der Waals surface area contributed by atoms with Crippen molar-refractivity contribution in [2.24, 2.45) is 4.99 Å². The predicted molar refractivity (Wildman–Crippen MR) is 73.2 cm³/mol. The molecule has 0 fully saturated rings. The average molecular weight is 317 g/mol. The molecule has 2 N–H and O–H groups in total. The summed E-state index contributed by atoms with van der Waals surface area (Å²) in [6, 6.07) is 5.38. The van der Waals surface area contributed by atoms with Crippen LogP contribution >= 0.6 is 0 Å². The first kappa shape index (κ1) is 17.5. The van der Waals surface area contributed by atoms with Crippen LogP contribution in [0.5, 0.6) is 5.75 Å². The van der Waals surface area contributed by atoms with Crippen LogP contribution in [0.2, 0.25) is 0 Å². The Morgan fingerprint density at radius 3 is 2.50 bits per heavy atom. The lowest BCUT2D eigenvalue weighted by molar-refractivity contribution is -0.141. The first-order valence-corrected chi connectivity index (χ1v) is 6.19. The van der Waals surface area contributed by atoms with Crippen molar-refractivity contribution in [2.45, 2.75) is 20.0 Å². The van der Waals surface area contributed by atoms with E-state index in [4.69, 9.17) is 0 Å². The molecule has 22 heavy (non-hydrogen) atoms. The van der Waals surface area contributed by atoms with E-state index in [0.29, 0.717) is 0 Å². The fourth-order valence-electron chi connectivity index (χ4n) is 1.57. The minimum Gasteiger partial charge on any atom is -0.508 e. The molecular weight excluding hydrogens is 303 g/mol. The third-order valence-electron chi connectivity index (χ3n) is 2.47. The number of alkyl halides is 3. The molecule has 0 unspecified atom stereocenters. The van der Waals surface area contributed by atoms with Crippen LogP contribution in [0, 0.1) is 0 Å². The number of hydrogen-bond donors (Lipinski definition) is 2. The molecule has 5 nitrogen and oxygen atoms in total. The van der Waals surface area contributed by atoms with Crippen molar-refractivity contribution in [2.75, 3.05) is 6.61 Å². The number of aromatic hydroxyl groups is 1. The number of esters is 1. The van der Waals surface area contributed by atoms with E-state index in [1.807, 2.05) is 0 Å². The van der Waals surface area contributed by atoms with Gasteiger partial charge in [0.25, 0.3) is 0 Å². The first-order valence-electron chi connectivity index (χ1n) is 6.19. The number of carbonyl (C=O) groups excluding carboxylic acids is 1. The fraction of sp³-hybridized carbons (Fsp3) is 0.286. The molecule has 0 saturated heterocycles. The number of benzene rings is 1. The number of aliphatic imine (C=N–C) groups is 1. The van der Waals surface area contributed by atoms with E-state index in [2.05, 4.69) is 9.73 Å². The van der Waals surface area contributed by atoms with Crippen LogP contribution in [0.4, 0.5) is 18.9 Å². The van der Waals surface area contributed by atoms with E-state index in [0.717, 1.165) is 6.92 Å². The Morgan fingerprint density at radius 2 is 2.00 bits per heavy atom. The maximum atomic E-state index is 12.7. The van der Waals surface area contributed by atoms with Crippen LogP contribution in [0.15, 0.2) is 40.6 Å². The number of halogens is 3. The Labute approximate surface area is 124 Å². The van der Waals surface area contributed by atoms with Gasteiger partial charge in [0.15, 0.2) is 0 Å².